The summed E-state index contributed by atoms with van der Waals surface area (Å²) in [5.41, 5.74) is 5.41. The Morgan fingerprint density at radius 3 is 2.59 bits per heavy atom. The van der Waals surface area contributed by atoms with Crippen molar-refractivity contribution in [1.29, 1.82) is 0 Å². The zero-order chi connectivity index (χ0) is 12.8. The van der Waals surface area contributed by atoms with Crippen LogP contribution in [0.15, 0.2) is 5.16 Å². The van der Waals surface area contributed by atoms with Gasteiger partial charge in [0, 0.05) is 25.6 Å². The number of nitrogens with one attached hydrogen (secondary N) is 1. The molecule has 1 fully saturated rings. The van der Waals surface area contributed by atoms with Crippen LogP contribution in [0.5, 0.6) is 0 Å². The summed E-state index contributed by atoms with van der Waals surface area (Å²) in [6.45, 7) is 5.48. The van der Waals surface area contributed by atoms with Crippen LogP contribution in [0.1, 0.15) is 33.1 Å². The molecule has 1 aliphatic rings. The summed E-state index contributed by atoms with van der Waals surface area (Å²) in [5.74, 6) is 0.305. The van der Waals surface area contributed by atoms with Crippen LogP contribution in [0.4, 0.5) is 0 Å². The first-order valence-corrected chi connectivity index (χ1v) is 6.05. The lowest BCUT2D eigenvalue weighted by molar-refractivity contribution is -0.132. The molecule has 2 unspecified atom stereocenters. The number of carbonyl (C=O) groups excluding carboxylic acids is 1. The van der Waals surface area contributed by atoms with E-state index in [2.05, 4.69) is 10.5 Å². The van der Waals surface area contributed by atoms with Crippen molar-refractivity contribution in [2.24, 2.45) is 10.9 Å². The van der Waals surface area contributed by atoms with Gasteiger partial charge in [-0.15, -0.1) is 0 Å². The first kappa shape index (κ1) is 13.8. The molecule has 0 aromatic carbocycles. The SMILES string of the molecule is CC(CC(N)=NO)NC(C)C(=O)N1CCCC1. The first-order valence-electron chi connectivity index (χ1n) is 6.05. The van der Waals surface area contributed by atoms with E-state index in [9.17, 15) is 4.79 Å². The lowest BCUT2D eigenvalue weighted by Gasteiger charge is -2.24. The van der Waals surface area contributed by atoms with Crippen LogP contribution in [0, 0.1) is 0 Å². The molecule has 1 amide bonds. The first-order chi connectivity index (χ1) is 8.04. The number of amidine groups is 1. The smallest absolute Gasteiger partial charge is 0.239 e. The average Bonchev–Trinajstić information content (AvgIpc) is 2.80. The molecule has 0 saturated carbocycles. The highest BCUT2D eigenvalue weighted by atomic mass is 16.4. The van der Waals surface area contributed by atoms with Crippen molar-refractivity contribution in [3.05, 3.63) is 0 Å². The lowest BCUT2D eigenvalue weighted by atomic mass is 10.2. The minimum absolute atomic E-state index is 0.00690. The van der Waals surface area contributed by atoms with Crippen LogP contribution in [-0.4, -0.2) is 47.0 Å². The predicted octanol–water partition coefficient (Wildman–Crippen LogP) is 0.112. The molecular formula is C11H22N4O2. The number of amides is 1. The summed E-state index contributed by atoms with van der Waals surface area (Å²) in [6, 6.07) is -0.220. The van der Waals surface area contributed by atoms with Gasteiger partial charge < -0.3 is 21.2 Å². The molecule has 1 aliphatic heterocycles. The van der Waals surface area contributed by atoms with Crippen molar-refractivity contribution in [2.45, 2.75) is 45.2 Å². The number of nitrogens with two attached hydrogens (primary N) is 1. The fraction of sp³-hybridized carbons (Fsp3) is 0.818. The zero-order valence-electron chi connectivity index (χ0n) is 10.5. The van der Waals surface area contributed by atoms with Gasteiger partial charge in [-0.2, -0.15) is 0 Å². The number of hydrogen-bond donors (Lipinski definition) is 3. The standard InChI is InChI=1S/C11H22N4O2/c1-8(7-10(12)14-17)13-9(2)11(16)15-5-3-4-6-15/h8-9,13,17H,3-7H2,1-2H3,(H2,12,14). The van der Waals surface area contributed by atoms with E-state index in [4.69, 9.17) is 10.9 Å². The van der Waals surface area contributed by atoms with E-state index in [0.717, 1.165) is 25.9 Å². The van der Waals surface area contributed by atoms with E-state index in [1.165, 1.54) is 0 Å². The summed E-state index contributed by atoms with van der Waals surface area (Å²) in [4.78, 5) is 13.9. The van der Waals surface area contributed by atoms with E-state index >= 15 is 0 Å². The molecule has 6 nitrogen and oxygen atoms in total. The second kappa shape index (κ2) is 6.44. The van der Waals surface area contributed by atoms with Crippen molar-refractivity contribution < 1.29 is 10.0 Å². The molecule has 0 bridgehead atoms. The van der Waals surface area contributed by atoms with Crippen molar-refractivity contribution >= 4 is 11.7 Å². The molecule has 6 heteroatoms. The van der Waals surface area contributed by atoms with E-state index in [1.807, 2.05) is 18.7 Å². The second-order valence-corrected chi connectivity index (χ2v) is 4.62. The molecule has 1 rings (SSSR count). The average molecular weight is 242 g/mol. The third-order valence-electron chi connectivity index (χ3n) is 2.97. The van der Waals surface area contributed by atoms with Gasteiger partial charge in [0.15, 0.2) is 0 Å². The Labute approximate surface area is 102 Å². The second-order valence-electron chi connectivity index (χ2n) is 4.62. The fourth-order valence-electron chi connectivity index (χ4n) is 2.12. The van der Waals surface area contributed by atoms with Gasteiger partial charge >= 0.3 is 0 Å². The molecule has 2 atom stereocenters. The Hall–Kier alpha value is -1.30. The number of oxime groups is 1. The number of carbonyl (C=O) groups is 1. The maximum Gasteiger partial charge on any atom is 0.239 e. The summed E-state index contributed by atoms with van der Waals surface area (Å²) >= 11 is 0. The van der Waals surface area contributed by atoms with Gasteiger partial charge in [-0.05, 0) is 26.7 Å². The van der Waals surface area contributed by atoms with Crippen LogP contribution in [0.3, 0.4) is 0 Å². The van der Waals surface area contributed by atoms with Gasteiger partial charge in [-0.25, -0.2) is 0 Å². The summed E-state index contributed by atoms with van der Waals surface area (Å²) < 4.78 is 0. The molecule has 1 saturated heterocycles. The third kappa shape index (κ3) is 4.22. The van der Waals surface area contributed by atoms with E-state index in [-0.39, 0.29) is 23.8 Å². The van der Waals surface area contributed by atoms with Crippen molar-refractivity contribution in [3.63, 3.8) is 0 Å². The summed E-state index contributed by atoms with van der Waals surface area (Å²) in [5, 5.41) is 14.5. The lowest BCUT2D eigenvalue weighted by Crippen LogP contribution is -2.47. The highest BCUT2D eigenvalue weighted by Gasteiger charge is 2.24. The molecule has 0 spiro atoms. The summed E-state index contributed by atoms with van der Waals surface area (Å²) in [7, 11) is 0. The van der Waals surface area contributed by atoms with Gasteiger partial charge in [-0.3, -0.25) is 4.79 Å². The van der Waals surface area contributed by atoms with Crippen LogP contribution < -0.4 is 11.1 Å². The molecule has 17 heavy (non-hydrogen) atoms. The molecule has 0 aromatic rings. The molecule has 0 aliphatic carbocycles. The van der Waals surface area contributed by atoms with Crippen molar-refractivity contribution in [1.82, 2.24) is 10.2 Å². The van der Waals surface area contributed by atoms with Crippen LogP contribution >= 0.6 is 0 Å². The van der Waals surface area contributed by atoms with Gasteiger partial charge in [0.1, 0.15) is 5.84 Å². The molecule has 0 radical (unpaired) electrons. The Bertz CT molecular complexity index is 287. The van der Waals surface area contributed by atoms with Crippen molar-refractivity contribution in [3.8, 4) is 0 Å². The topological polar surface area (TPSA) is 91.0 Å². The van der Waals surface area contributed by atoms with Gasteiger partial charge in [-0.1, -0.05) is 5.16 Å². The Balaban J connectivity index is 2.36. The summed E-state index contributed by atoms with van der Waals surface area (Å²) in [6.07, 6.45) is 2.62. The Morgan fingerprint density at radius 2 is 2.06 bits per heavy atom. The highest BCUT2D eigenvalue weighted by molar-refractivity contribution is 5.82. The van der Waals surface area contributed by atoms with Gasteiger partial charge in [0.25, 0.3) is 0 Å². The monoisotopic (exact) mass is 242 g/mol. The number of likely N-dealkylation sites (tertiary alicyclic amines) is 1. The molecule has 98 valence electrons. The largest absolute Gasteiger partial charge is 0.409 e. The van der Waals surface area contributed by atoms with Crippen LogP contribution in [0.2, 0.25) is 0 Å². The molecule has 0 aromatic heterocycles. The number of hydrogen-bond acceptors (Lipinski definition) is 4. The molecule has 4 N–H and O–H groups in total. The number of nitrogens with zero attached hydrogens (tertiary/aromatic N) is 2. The zero-order valence-corrected chi connectivity index (χ0v) is 10.5. The normalized spacial score (nSPS) is 20.4. The maximum atomic E-state index is 12.0. The quantitative estimate of drug-likeness (QED) is 0.276. The number of rotatable bonds is 5. The van der Waals surface area contributed by atoms with Crippen molar-refractivity contribution in [2.75, 3.05) is 13.1 Å². The van der Waals surface area contributed by atoms with Crippen LogP contribution in [0.25, 0.3) is 0 Å². The highest BCUT2D eigenvalue weighted by Crippen LogP contribution is 2.09. The van der Waals surface area contributed by atoms with Crippen LogP contribution in [-0.2, 0) is 4.79 Å². The minimum atomic E-state index is -0.227. The predicted molar refractivity (Wildman–Crippen MR) is 65.9 cm³/mol. The van der Waals surface area contributed by atoms with E-state index < -0.39 is 0 Å². The van der Waals surface area contributed by atoms with Gasteiger partial charge in [0.05, 0.1) is 6.04 Å². The molecular weight excluding hydrogens is 220 g/mol. The van der Waals surface area contributed by atoms with E-state index in [1.54, 1.807) is 0 Å². The fourth-order valence-corrected chi connectivity index (χ4v) is 2.12. The molecule has 1 heterocycles. The maximum absolute atomic E-state index is 12.0. The Morgan fingerprint density at radius 1 is 1.47 bits per heavy atom. The van der Waals surface area contributed by atoms with Gasteiger partial charge in [0.2, 0.25) is 5.91 Å². The van der Waals surface area contributed by atoms with E-state index in [0.29, 0.717) is 6.42 Å². The third-order valence-corrected chi connectivity index (χ3v) is 2.97. The minimum Gasteiger partial charge on any atom is -0.409 e. The Kier molecular flexibility index (Phi) is 5.21.